The normalized spacial score (nSPS) is 11.9. The van der Waals surface area contributed by atoms with Crippen LogP contribution in [0.25, 0.3) is 22.3 Å². The topological polar surface area (TPSA) is 149 Å². The van der Waals surface area contributed by atoms with Crippen molar-refractivity contribution in [2.45, 2.75) is 0 Å². The lowest BCUT2D eigenvalue weighted by atomic mass is 10.6. The summed E-state index contributed by atoms with van der Waals surface area (Å²) in [6.07, 6.45) is 8.07. The number of hydrogen-bond donors (Lipinski definition) is 1. The third-order valence-electron chi connectivity index (χ3n) is 2.77. The van der Waals surface area contributed by atoms with Gasteiger partial charge in [-0.15, -0.1) is 9.46 Å². The van der Waals surface area contributed by atoms with Crippen LogP contribution in [-0.4, -0.2) is 39.4 Å². The maximum absolute atomic E-state index is 12.4. The van der Waals surface area contributed by atoms with Crippen molar-refractivity contribution < 1.29 is 13.8 Å². The van der Waals surface area contributed by atoms with Gasteiger partial charge >= 0.3 is 7.75 Å². The van der Waals surface area contributed by atoms with E-state index in [2.05, 4.69) is 29.9 Å². The van der Waals surface area contributed by atoms with Crippen molar-refractivity contribution in [1.82, 2.24) is 39.4 Å². The van der Waals surface area contributed by atoms with Gasteiger partial charge in [-0.1, -0.05) is 0 Å². The molecule has 4 aromatic heterocycles. The van der Waals surface area contributed by atoms with E-state index in [-0.39, 0.29) is 0 Å². The summed E-state index contributed by atoms with van der Waals surface area (Å²) >= 11 is 0. The molecule has 0 aliphatic rings. The van der Waals surface area contributed by atoms with Crippen LogP contribution in [0.15, 0.2) is 37.7 Å². The Kier molecular flexibility index (Phi) is 2.93. The van der Waals surface area contributed by atoms with Crippen molar-refractivity contribution in [3.8, 4) is 0 Å². The monoisotopic (exact) mass is 333 g/mol. The highest BCUT2D eigenvalue weighted by Crippen LogP contribution is 2.32. The Hall–Kier alpha value is -3.11. The van der Waals surface area contributed by atoms with Gasteiger partial charge in [0, 0.05) is 0 Å². The van der Waals surface area contributed by atoms with Gasteiger partial charge in [-0.25, -0.2) is 40.0 Å². The van der Waals surface area contributed by atoms with Crippen LogP contribution in [0.3, 0.4) is 0 Å². The van der Waals surface area contributed by atoms with Gasteiger partial charge in [0.2, 0.25) is 0 Å². The molecule has 0 aliphatic heterocycles. The van der Waals surface area contributed by atoms with E-state index in [1.54, 1.807) is 0 Å². The fourth-order valence-corrected chi connectivity index (χ4v) is 2.63. The molecular weight excluding hydrogens is 325 g/mol. The van der Waals surface area contributed by atoms with Crippen molar-refractivity contribution in [2.75, 3.05) is 0 Å². The van der Waals surface area contributed by atoms with Crippen molar-refractivity contribution in [3.63, 3.8) is 0 Å². The molecule has 0 saturated heterocycles. The number of rotatable bonds is 4. The largest absolute Gasteiger partial charge is 0.548 e. The van der Waals surface area contributed by atoms with E-state index in [9.17, 15) is 4.57 Å². The van der Waals surface area contributed by atoms with Crippen LogP contribution in [0.5, 0.6) is 0 Å². The molecule has 4 aromatic rings. The van der Waals surface area contributed by atoms with Gasteiger partial charge in [0.05, 0.1) is 12.4 Å². The van der Waals surface area contributed by atoms with Crippen LogP contribution in [-0.2, 0) is 4.57 Å². The second-order valence-corrected chi connectivity index (χ2v) is 5.71. The number of aromatic nitrogens is 8. The quantitative estimate of drug-likeness (QED) is 0.488. The molecule has 4 rings (SSSR count). The van der Waals surface area contributed by atoms with Gasteiger partial charge in [0.1, 0.15) is 36.3 Å². The van der Waals surface area contributed by atoms with E-state index in [1.165, 1.54) is 37.7 Å². The van der Waals surface area contributed by atoms with E-state index in [4.69, 9.17) is 14.8 Å². The molecule has 23 heavy (non-hydrogen) atoms. The molecule has 0 aromatic carbocycles. The Labute approximate surface area is 127 Å². The number of nitrogens with zero attached hydrogens (tertiary/aromatic N) is 8. The van der Waals surface area contributed by atoms with E-state index in [0.717, 1.165) is 9.46 Å². The molecule has 0 radical (unpaired) electrons. The van der Waals surface area contributed by atoms with Gasteiger partial charge in [-0.05, 0) is 0 Å². The minimum atomic E-state index is -4.05. The number of imidazole rings is 2. The molecule has 0 spiro atoms. The molecular formula is C10H8N9O3P. The zero-order chi connectivity index (χ0) is 15.9. The van der Waals surface area contributed by atoms with Gasteiger partial charge < -0.3 is 9.25 Å². The molecule has 0 fully saturated rings. The van der Waals surface area contributed by atoms with Crippen LogP contribution in [0, 0.1) is 0 Å². The summed E-state index contributed by atoms with van der Waals surface area (Å²) in [5.74, 6) is 0. The first-order valence-electron chi connectivity index (χ1n) is 6.17. The maximum Gasteiger partial charge on any atom is 0.548 e. The third kappa shape index (κ3) is 2.45. The first-order chi connectivity index (χ1) is 11.1. The zero-order valence-electron chi connectivity index (χ0n) is 11.3. The van der Waals surface area contributed by atoms with Crippen molar-refractivity contribution >= 4 is 30.1 Å². The fraction of sp³-hybridized carbons (Fsp3) is 0. The zero-order valence-corrected chi connectivity index (χ0v) is 12.2. The first-order valence-corrected chi connectivity index (χ1v) is 7.78. The van der Waals surface area contributed by atoms with Crippen molar-refractivity contribution in [3.05, 3.63) is 37.7 Å². The van der Waals surface area contributed by atoms with Gasteiger partial charge in [-0.3, -0.25) is 0 Å². The molecule has 116 valence electrons. The third-order valence-corrected chi connectivity index (χ3v) is 3.58. The summed E-state index contributed by atoms with van der Waals surface area (Å²) in [6.45, 7) is 0. The molecule has 13 heteroatoms. The van der Waals surface area contributed by atoms with Crippen molar-refractivity contribution in [1.29, 1.82) is 0 Å². The molecule has 0 bridgehead atoms. The first kappa shape index (κ1) is 13.5. The minimum Gasteiger partial charge on any atom is -0.308 e. The lowest BCUT2D eigenvalue weighted by Gasteiger charge is -2.14. The molecule has 12 nitrogen and oxygen atoms in total. The molecule has 0 unspecified atom stereocenters. The van der Waals surface area contributed by atoms with E-state index >= 15 is 0 Å². The highest BCUT2D eigenvalue weighted by atomic mass is 31.2. The molecule has 2 N–H and O–H groups in total. The maximum atomic E-state index is 12.4. The predicted molar refractivity (Wildman–Crippen MR) is 75.6 cm³/mol. The lowest BCUT2D eigenvalue weighted by molar-refractivity contribution is 0.182. The molecule has 0 atom stereocenters. The van der Waals surface area contributed by atoms with E-state index in [1.807, 2.05) is 0 Å². The number of hydrogen-bond acceptors (Lipinski definition) is 9. The number of nitrogens with two attached hydrogens (primary N) is 1. The van der Waals surface area contributed by atoms with Crippen LogP contribution in [0.2, 0.25) is 0 Å². The fourth-order valence-electron chi connectivity index (χ4n) is 1.87. The van der Waals surface area contributed by atoms with Gasteiger partial charge in [0.15, 0.2) is 11.3 Å². The summed E-state index contributed by atoms with van der Waals surface area (Å²) < 4.78 is 24.8. The van der Waals surface area contributed by atoms with Crippen LogP contribution in [0.1, 0.15) is 0 Å². The number of fused-ring (bicyclic) bond motifs is 2. The summed E-state index contributed by atoms with van der Waals surface area (Å²) in [5.41, 5.74) is 7.11. The average Bonchev–Trinajstić information content (AvgIpc) is 3.12. The van der Waals surface area contributed by atoms with E-state index < -0.39 is 7.75 Å². The van der Waals surface area contributed by atoms with Crippen LogP contribution >= 0.6 is 7.75 Å². The summed E-state index contributed by atoms with van der Waals surface area (Å²) in [7, 11) is -4.05. The highest BCUT2D eigenvalue weighted by Gasteiger charge is 2.26. The molecule has 4 heterocycles. The molecule has 0 aliphatic carbocycles. The van der Waals surface area contributed by atoms with Gasteiger partial charge in [-0.2, -0.15) is 0 Å². The van der Waals surface area contributed by atoms with Crippen LogP contribution < -0.4 is 14.8 Å². The highest BCUT2D eigenvalue weighted by molar-refractivity contribution is 7.51. The Morgan fingerprint density at radius 2 is 1.35 bits per heavy atom. The van der Waals surface area contributed by atoms with E-state index in [0.29, 0.717) is 22.3 Å². The second kappa shape index (κ2) is 4.97. The minimum absolute atomic E-state index is 0.298. The SMILES string of the molecule is NP(=O)(On1cnc2cncnc21)On1cnc2cncnc21. The van der Waals surface area contributed by atoms with Crippen LogP contribution in [0.4, 0.5) is 0 Å². The Morgan fingerprint density at radius 3 is 1.83 bits per heavy atom. The standard InChI is InChI=1S/C10H8N9O3P/c11-23(20,21-18-5-16-7-1-12-3-14-9(7)18)22-19-6-17-8-2-13-4-15-10(8)19/h1-6H,(H2,11,20). The van der Waals surface area contributed by atoms with Crippen molar-refractivity contribution in [2.24, 2.45) is 5.50 Å². The lowest BCUT2D eigenvalue weighted by Crippen LogP contribution is -2.22. The second-order valence-electron chi connectivity index (χ2n) is 4.31. The Balaban J connectivity index is 1.64. The predicted octanol–water partition coefficient (Wildman–Crippen LogP) is -0.410. The summed E-state index contributed by atoms with van der Waals surface area (Å²) in [5, 5.41) is 0. The summed E-state index contributed by atoms with van der Waals surface area (Å²) in [4.78, 5) is 23.5. The Morgan fingerprint density at radius 1 is 0.870 bits per heavy atom. The average molecular weight is 333 g/mol. The van der Waals surface area contributed by atoms with Gasteiger partial charge in [0.25, 0.3) is 0 Å². The molecule has 0 amide bonds. The summed E-state index contributed by atoms with van der Waals surface area (Å²) in [6, 6.07) is 0. The molecule has 0 saturated carbocycles. The Bertz CT molecular complexity index is 964. The smallest absolute Gasteiger partial charge is 0.308 e.